The summed E-state index contributed by atoms with van der Waals surface area (Å²) in [6.45, 7) is 1.94. The minimum Gasteiger partial charge on any atom is -0.477 e. The van der Waals surface area contributed by atoms with Crippen LogP contribution in [0.5, 0.6) is 0 Å². The molecule has 0 amide bonds. The third-order valence-corrected chi connectivity index (χ3v) is 4.35. The number of carboxylic acid groups (broad SMARTS) is 1. The molecule has 4 nitrogen and oxygen atoms in total. The summed E-state index contributed by atoms with van der Waals surface area (Å²) in [4.78, 5) is 11.4. The summed E-state index contributed by atoms with van der Waals surface area (Å²) in [5.41, 5.74) is 1.84. The van der Waals surface area contributed by atoms with Crippen LogP contribution in [0.2, 0.25) is 0 Å². The molecule has 2 rings (SSSR count). The Labute approximate surface area is 107 Å². The zero-order chi connectivity index (χ0) is 12.4. The maximum Gasteiger partial charge on any atom is 0.346 e. The second-order valence-corrected chi connectivity index (χ2v) is 5.53. The van der Waals surface area contributed by atoms with Crippen molar-refractivity contribution >= 4 is 29.1 Å². The summed E-state index contributed by atoms with van der Waals surface area (Å²) in [6.07, 6.45) is 0. The molecule has 0 aliphatic heterocycles. The molecule has 0 fully saturated rings. The van der Waals surface area contributed by atoms with E-state index in [2.05, 4.69) is 5.10 Å². The molecule has 90 valence electrons. The SMILES string of the molecule is Cc1cc(SCc2ccsc2C(=O)O)n(C)n1. The topological polar surface area (TPSA) is 55.1 Å². The van der Waals surface area contributed by atoms with E-state index >= 15 is 0 Å². The molecule has 6 heteroatoms. The van der Waals surface area contributed by atoms with Crippen molar-refractivity contribution in [3.63, 3.8) is 0 Å². The Kier molecular flexibility index (Phi) is 3.54. The van der Waals surface area contributed by atoms with Crippen molar-refractivity contribution < 1.29 is 9.90 Å². The minimum absolute atomic E-state index is 0.427. The number of aromatic carboxylic acids is 1. The van der Waals surface area contributed by atoms with E-state index < -0.39 is 5.97 Å². The monoisotopic (exact) mass is 268 g/mol. The van der Waals surface area contributed by atoms with Crippen LogP contribution in [0, 0.1) is 6.92 Å². The highest BCUT2D eigenvalue weighted by Gasteiger charge is 2.12. The van der Waals surface area contributed by atoms with Crippen molar-refractivity contribution in [2.75, 3.05) is 0 Å². The number of carbonyl (C=O) groups is 1. The molecule has 0 unspecified atom stereocenters. The summed E-state index contributed by atoms with van der Waals surface area (Å²) in [6, 6.07) is 3.86. The summed E-state index contributed by atoms with van der Waals surface area (Å²) in [5.74, 6) is -0.193. The molecule has 2 aromatic heterocycles. The van der Waals surface area contributed by atoms with E-state index in [0.717, 1.165) is 16.3 Å². The van der Waals surface area contributed by atoms with Crippen LogP contribution in [-0.4, -0.2) is 20.9 Å². The van der Waals surface area contributed by atoms with Gasteiger partial charge in [-0.05, 0) is 30.0 Å². The highest BCUT2D eigenvalue weighted by Crippen LogP contribution is 2.27. The molecule has 0 saturated heterocycles. The van der Waals surface area contributed by atoms with Gasteiger partial charge in [0.1, 0.15) is 4.88 Å². The first-order valence-electron chi connectivity index (χ1n) is 5.01. The van der Waals surface area contributed by atoms with E-state index in [-0.39, 0.29) is 0 Å². The Morgan fingerprint density at radius 1 is 1.65 bits per heavy atom. The van der Waals surface area contributed by atoms with Crippen molar-refractivity contribution in [3.8, 4) is 0 Å². The molecule has 0 aliphatic rings. The molecule has 0 saturated carbocycles. The standard InChI is InChI=1S/C11H12N2O2S2/c1-7-5-9(13(2)12-7)17-6-8-3-4-16-10(8)11(14)15/h3-5H,6H2,1-2H3,(H,14,15). The minimum atomic E-state index is -0.850. The fourth-order valence-corrected chi connectivity index (χ4v) is 3.39. The van der Waals surface area contributed by atoms with Gasteiger partial charge in [-0.3, -0.25) is 4.68 Å². The van der Waals surface area contributed by atoms with Crippen LogP contribution in [0.4, 0.5) is 0 Å². The van der Waals surface area contributed by atoms with Gasteiger partial charge in [0.15, 0.2) is 0 Å². The Balaban J connectivity index is 2.10. The number of hydrogen-bond acceptors (Lipinski definition) is 4. The van der Waals surface area contributed by atoms with Gasteiger partial charge in [-0.15, -0.1) is 23.1 Å². The molecule has 2 heterocycles. The Morgan fingerprint density at radius 3 is 3.00 bits per heavy atom. The summed E-state index contributed by atoms with van der Waals surface area (Å²) < 4.78 is 1.81. The molecule has 2 aromatic rings. The van der Waals surface area contributed by atoms with E-state index in [9.17, 15) is 4.79 Å². The number of aromatic nitrogens is 2. The summed E-state index contributed by atoms with van der Waals surface area (Å²) >= 11 is 2.87. The summed E-state index contributed by atoms with van der Waals surface area (Å²) in [5, 5.41) is 16.1. The van der Waals surface area contributed by atoms with Crippen LogP contribution >= 0.6 is 23.1 Å². The van der Waals surface area contributed by atoms with Gasteiger partial charge in [0, 0.05) is 12.8 Å². The number of carboxylic acids is 1. The maximum absolute atomic E-state index is 10.9. The van der Waals surface area contributed by atoms with Crippen LogP contribution < -0.4 is 0 Å². The van der Waals surface area contributed by atoms with E-state index in [0.29, 0.717) is 10.6 Å². The smallest absolute Gasteiger partial charge is 0.346 e. The fourth-order valence-electron chi connectivity index (χ4n) is 1.51. The number of thiophene rings is 1. The van der Waals surface area contributed by atoms with Gasteiger partial charge in [-0.1, -0.05) is 0 Å². The predicted octanol–water partition coefficient (Wildman–Crippen LogP) is 2.78. The number of rotatable bonds is 4. The van der Waals surface area contributed by atoms with E-state index in [1.54, 1.807) is 11.8 Å². The van der Waals surface area contributed by atoms with Crippen molar-refractivity contribution in [1.29, 1.82) is 0 Å². The van der Waals surface area contributed by atoms with Crippen LogP contribution in [0.3, 0.4) is 0 Å². The van der Waals surface area contributed by atoms with Crippen LogP contribution in [-0.2, 0) is 12.8 Å². The molecule has 0 spiro atoms. The van der Waals surface area contributed by atoms with Crippen molar-refractivity contribution in [2.45, 2.75) is 17.7 Å². The van der Waals surface area contributed by atoms with Gasteiger partial charge in [0.05, 0.1) is 10.7 Å². The lowest BCUT2D eigenvalue weighted by Crippen LogP contribution is -1.97. The molecule has 1 N–H and O–H groups in total. The van der Waals surface area contributed by atoms with Gasteiger partial charge in [0.2, 0.25) is 0 Å². The van der Waals surface area contributed by atoms with Crippen molar-refractivity contribution in [2.24, 2.45) is 7.05 Å². The maximum atomic E-state index is 10.9. The Bertz CT molecular complexity index is 545. The van der Waals surface area contributed by atoms with E-state index in [1.807, 2.05) is 36.2 Å². The van der Waals surface area contributed by atoms with Gasteiger partial charge in [0.25, 0.3) is 0 Å². The van der Waals surface area contributed by atoms with Crippen molar-refractivity contribution in [1.82, 2.24) is 9.78 Å². The third-order valence-electron chi connectivity index (χ3n) is 2.28. The first-order chi connectivity index (χ1) is 8.08. The normalized spacial score (nSPS) is 10.7. The quantitative estimate of drug-likeness (QED) is 0.866. The predicted molar refractivity (Wildman–Crippen MR) is 68.8 cm³/mol. The molecule has 0 atom stereocenters. The number of nitrogens with zero attached hydrogens (tertiary/aromatic N) is 2. The number of aryl methyl sites for hydroxylation is 2. The molecule has 0 radical (unpaired) electrons. The average molecular weight is 268 g/mol. The lowest BCUT2D eigenvalue weighted by Gasteiger charge is -2.01. The lowest BCUT2D eigenvalue weighted by atomic mass is 10.3. The van der Waals surface area contributed by atoms with Crippen LogP contribution in [0.1, 0.15) is 20.9 Å². The van der Waals surface area contributed by atoms with Crippen molar-refractivity contribution in [3.05, 3.63) is 33.6 Å². The second-order valence-electron chi connectivity index (χ2n) is 3.62. The third kappa shape index (κ3) is 2.70. The highest BCUT2D eigenvalue weighted by atomic mass is 32.2. The first-order valence-corrected chi connectivity index (χ1v) is 6.87. The second kappa shape index (κ2) is 4.93. The molecule has 17 heavy (non-hydrogen) atoms. The Morgan fingerprint density at radius 2 is 2.41 bits per heavy atom. The molecule has 0 aromatic carbocycles. The Hall–Kier alpha value is -1.27. The average Bonchev–Trinajstić information content (AvgIpc) is 2.82. The van der Waals surface area contributed by atoms with Gasteiger partial charge in [-0.2, -0.15) is 5.10 Å². The summed E-state index contributed by atoms with van der Waals surface area (Å²) in [7, 11) is 1.89. The number of thioether (sulfide) groups is 1. The molecular weight excluding hydrogens is 256 g/mol. The molecule has 0 aliphatic carbocycles. The van der Waals surface area contributed by atoms with Gasteiger partial charge in [-0.25, -0.2) is 4.79 Å². The molecule has 0 bridgehead atoms. The van der Waals surface area contributed by atoms with Gasteiger partial charge < -0.3 is 5.11 Å². The fraction of sp³-hybridized carbons (Fsp3) is 0.273. The van der Waals surface area contributed by atoms with Crippen LogP contribution in [0.25, 0.3) is 0 Å². The largest absolute Gasteiger partial charge is 0.477 e. The van der Waals surface area contributed by atoms with Crippen LogP contribution in [0.15, 0.2) is 22.5 Å². The molecular formula is C11H12N2O2S2. The zero-order valence-electron chi connectivity index (χ0n) is 9.51. The van der Waals surface area contributed by atoms with Gasteiger partial charge >= 0.3 is 5.97 Å². The first kappa shape index (κ1) is 12.2. The highest BCUT2D eigenvalue weighted by molar-refractivity contribution is 7.98. The van der Waals surface area contributed by atoms with E-state index in [4.69, 9.17) is 5.11 Å². The lowest BCUT2D eigenvalue weighted by molar-refractivity contribution is 0.0701. The van der Waals surface area contributed by atoms with E-state index in [1.165, 1.54) is 11.3 Å². The zero-order valence-corrected chi connectivity index (χ0v) is 11.1. The number of hydrogen-bond donors (Lipinski definition) is 1.